The van der Waals surface area contributed by atoms with Gasteiger partial charge in [0.1, 0.15) is 42.7 Å². The molecule has 0 bridgehead atoms. The van der Waals surface area contributed by atoms with Gasteiger partial charge >= 0.3 is 0 Å². The van der Waals surface area contributed by atoms with Crippen LogP contribution < -0.4 is 34.0 Å². The molecule has 250 valence electrons. The second-order valence-corrected chi connectivity index (χ2v) is 11.8. The van der Waals surface area contributed by atoms with Gasteiger partial charge in [0.05, 0.1) is 37.5 Å². The Morgan fingerprint density at radius 2 is 1.53 bits per heavy atom. The molecule has 1 aliphatic carbocycles. The van der Waals surface area contributed by atoms with Crippen LogP contribution in [0.1, 0.15) is 38.5 Å². The van der Waals surface area contributed by atoms with E-state index in [0.717, 1.165) is 12.8 Å². The highest BCUT2D eigenvalue weighted by Crippen LogP contribution is 2.34. The third-order valence-electron chi connectivity index (χ3n) is 8.58. The topological polar surface area (TPSA) is 296 Å². The minimum absolute atomic E-state index is 0.0842. The van der Waals surface area contributed by atoms with Crippen LogP contribution in [-0.4, -0.2) is 145 Å². The van der Waals surface area contributed by atoms with Crippen molar-refractivity contribution in [3.05, 3.63) is 0 Å². The Balaban J connectivity index is 1.51. The Morgan fingerprint density at radius 3 is 2.21 bits per heavy atom. The van der Waals surface area contributed by atoms with Crippen LogP contribution in [0.15, 0.2) is 0 Å². The zero-order valence-corrected chi connectivity index (χ0v) is 24.3. The first-order chi connectivity index (χ1) is 20.6. The summed E-state index contributed by atoms with van der Waals surface area (Å²) in [5.74, 6) is -0.691. The Hall–Kier alpha value is -1.13. The van der Waals surface area contributed by atoms with Gasteiger partial charge in [-0.1, -0.05) is 0 Å². The SMILES string of the molecule is NCC1CCCC(OC2C(N)CC(NC(=O)C(N)CO)C(O)C2OC2OC(CO)C(OC3OC(CN)CCC3N)C2O)O1. The molecule has 0 aromatic carbocycles. The van der Waals surface area contributed by atoms with E-state index in [4.69, 9.17) is 57.1 Å². The molecule has 4 aliphatic rings. The smallest absolute Gasteiger partial charge is 0.239 e. The van der Waals surface area contributed by atoms with E-state index in [9.17, 15) is 25.2 Å². The number of aliphatic hydroxyl groups is 4. The molecule has 3 heterocycles. The van der Waals surface area contributed by atoms with Crippen molar-refractivity contribution in [1.82, 2.24) is 5.32 Å². The molecular weight excluding hydrogens is 572 g/mol. The number of nitrogens with two attached hydrogens (primary N) is 5. The van der Waals surface area contributed by atoms with E-state index < -0.39 is 98.8 Å². The van der Waals surface area contributed by atoms with Gasteiger partial charge in [-0.2, -0.15) is 0 Å². The first kappa shape index (κ1) is 34.7. The van der Waals surface area contributed by atoms with Gasteiger partial charge in [-0.3, -0.25) is 4.79 Å². The van der Waals surface area contributed by atoms with Crippen LogP contribution >= 0.6 is 0 Å². The highest BCUT2D eigenvalue weighted by atomic mass is 16.8. The van der Waals surface area contributed by atoms with Crippen LogP contribution in [0.5, 0.6) is 0 Å². The van der Waals surface area contributed by atoms with E-state index in [1.807, 2.05) is 0 Å². The van der Waals surface area contributed by atoms with E-state index in [2.05, 4.69) is 5.32 Å². The van der Waals surface area contributed by atoms with E-state index in [-0.39, 0.29) is 25.2 Å². The van der Waals surface area contributed by atoms with E-state index in [1.165, 1.54) is 0 Å². The monoisotopic (exact) mass is 622 g/mol. The summed E-state index contributed by atoms with van der Waals surface area (Å²) < 4.78 is 36.0. The Bertz CT molecular complexity index is 881. The number of aliphatic hydroxyl groups excluding tert-OH is 4. The van der Waals surface area contributed by atoms with Crippen molar-refractivity contribution < 1.29 is 53.6 Å². The number of nitrogens with one attached hydrogen (secondary N) is 1. The Labute approximate surface area is 250 Å². The van der Waals surface area contributed by atoms with Crippen LogP contribution in [-0.2, 0) is 33.2 Å². The molecule has 3 saturated heterocycles. The van der Waals surface area contributed by atoms with Crippen LogP contribution in [0.4, 0.5) is 0 Å². The summed E-state index contributed by atoms with van der Waals surface area (Å²) in [6, 6.07) is -3.41. The van der Waals surface area contributed by atoms with E-state index in [0.29, 0.717) is 25.8 Å². The fraction of sp³-hybridized carbons (Fsp3) is 0.962. The molecule has 0 aromatic rings. The maximum absolute atomic E-state index is 12.5. The summed E-state index contributed by atoms with van der Waals surface area (Å²) in [5, 5.41) is 44.6. The van der Waals surface area contributed by atoms with Gasteiger partial charge in [-0.15, -0.1) is 0 Å². The van der Waals surface area contributed by atoms with E-state index in [1.54, 1.807) is 0 Å². The average molecular weight is 623 g/mol. The van der Waals surface area contributed by atoms with Crippen molar-refractivity contribution in [2.24, 2.45) is 28.7 Å². The molecule has 15 N–H and O–H groups in total. The van der Waals surface area contributed by atoms with Gasteiger partial charge in [0.15, 0.2) is 18.9 Å². The molecule has 15 unspecified atom stereocenters. The maximum Gasteiger partial charge on any atom is 0.239 e. The van der Waals surface area contributed by atoms with Crippen LogP contribution in [0.25, 0.3) is 0 Å². The quantitative estimate of drug-likeness (QED) is 0.0972. The van der Waals surface area contributed by atoms with E-state index >= 15 is 0 Å². The van der Waals surface area contributed by atoms with Gasteiger partial charge in [-0.25, -0.2) is 0 Å². The summed E-state index contributed by atoms with van der Waals surface area (Å²) in [6.45, 7) is -0.542. The molecule has 0 aromatic heterocycles. The fourth-order valence-electron chi connectivity index (χ4n) is 6.02. The maximum atomic E-state index is 12.5. The standard InChI is InChI=1S/C26H50N6O11/c27-7-11-2-1-3-18(38-11)41-21-14(30)6-16(32-24(37)15(31)9-33)19(35)23(21)43-26-20(36)22(17(10-34)40-26)42-25-13(29)5-4-12(8-28)39-25/h11-23,25-26,33-36H,1-10,27-31H2,(H,32,37). The number of rotatable bonds is 12. The van der Waals surface area contributed by atoms with Gasteiger partial charge < -0.3 is 82.8 Å². The second-order valence-electron chi connectivity index (χ2n) is 11.8. The molecule has 4 rings (SSSR count). The van der Waals surface area contributed by atoms with Gasteiger partial charge in [0.25, 0.3) is 0 Å². The zero-order valence-electron chi connectivity index (χ0n) is 24.3. The fourth-order valence-corrected chi connectivity index (χ4v) is 6.02. The summed E-state index contributed by atoms with van der Waals surface area (Å²) in [5.41, 5.74) is 29.9. The van der Waals surface area contributed by atoms with Crippen molar-refractivity contribution in [2.45, 2.75) is 130 Å². The molecule has 1 saturated carbocycles. The predicted molar refractivity (Wildman–Crippen MR) is 148 cm³/mol. The summed E-state index contributed by atoms with van der Waals surface area (Å²) >= 11 is 0. The number of hydrogen-bond donors (Lipinski definition) is 10. The third-order valence-corrected chi connectivity index (χ3v) is 8.58. The van der Waals surface area contributed by atoms with Crippen molar-refractivity contribution >= 4 is 5.91 Å². The number of amides is 1. The Kier molecular flexibility index (Phi) is 12.9. The lowest BCUT2D eigenvalue weighted by molar-refractivity contribution is -0.285. The molecule has 0 radical (unpaired) electrons. The lowest BCUT2D eigenvalue weighted by atomic mass is 9.83. The zero-order chi connectivity index (χ0) is 31.3. The highest BCUT2D eigenvalue weighted by Gasteiger charge is 2.53. The van der Waals surface area contributed by atoms with Gasteiger partial charge in [0, 0.05) is 19.1 Å². The molecule has 43 heavy (non-hydrogen) atoms. The molecule has 17 nitrogen and oxygen atoms in total. The molecule has 3 aliphatic heterocycles. The minimum Gasteiger partial charge on any atom is -0.394 e. The third kappa shape index (κ3) is 8.37. The average Bonchev–Trinajstić information content (AvgIpc) is 3.31. The number of hydrogen-bond acceptors (Lipinski definition) is 16. The van der Waals surface area contributed by atoms with Crippen molar-refractivity contribution in [2.75, 3.05) is 26.3 Å². The molecular formula is C26H50N6O11. The van der Waals surface area contributed by atoms with Crippen LogP contribution in [0, 0.1) is 0 Å². The predicted octanol–water partition coefficient (Wildman–Crippen LogP) is -5.24. The number of ether oxygens (including phenoxy) is 6. The van der Waals surface area contributed by atoms with Crippen molar-refractivity contribution in [1.29, 1.82) is 0 Å². The summed E-state index contributed by atoms with van der Waals surface area (Å²) in [4.78, 5) is 12.5. The van der Waals surface area contributed by atoms with Crippen molar-refractivity contribution in [3.63, 3.8) is 0 Å². The van der Waals surface area contributed by atoms with Gasteiger partial charge in [-0.05, 0) is 38.5 Å². The molecule has 4 fully saturated rings. The normalized spacial score (nSPS) is 44.7. The molecule has 0 spiro atoms. The largest absolute Gasteiger partial charge is 0.394 e. The number of carbonyl (C=O) groups is 1. The first-order valence-electron chi connectivity index (χ1n) is 15.1. The minimum atomic E-state index is -1.44. The van der Waals surface area contributed by atoms with Crippen LogP contribution in [0.2, 0.25) is 0 Å². The molecule has 1 amide bonds. The summed E-state index contributed by atoms with van der Waals surface area (Å²) in [7, 11) is 0. The van der Waals surface area contributed by atoms with Crippen molar-refractivity contribution in [3.8, 4) is 0 Å². The highest BCUT2D eigenvalue weighted by molar-refractivity contribution is 5.82. The first-order valence-corrected chi connectivity index (χ1v) is 15.1. The van der Waals surface area contributed by atoms with Crippen LogP contribution in [0.3, 0.4) is 0 Å². The van der Waals surface area contributed by atoms with Gasteiger partial charge in [0.2, 0.25) is 5.91 Å². The molecule has 15 atom stereocenters. The number of carbonyl (C=O) groups excluding carboxylic acids is 1. The Morgan fingerprint density at radius 1 is 0.837 bits per heavy atom. The second kappa shape index (κ2) is 15.9. The lowest BCUT2D eigenvalue weighted by Crippen LogP contribution is -2.66. The lowest BCUT2D eigenvalue weighted by Gasteiger charge is -2.46. The summed E-state index contributed by atoms with van der Waals surface area (Å²) in [6.07, 6.45) is -7.14. The molecule has 17 heteroatoms.